The van der Waals surface area contributed by atoms with Crippen LogP contribution in [0.1, 0.15) is 27.7 Å². The van der Waals surface area contributed by atoms with Crippen LogP contribution in [-0.2, 0) is 9.59 Å². The molecule has 0 radical (unpaired) electrons. The van der Waals surface area contributed by atoms with Crippen LogP contribution in [0.2, 0.25) is 0 Å². The monoisotopic (exact) mass is 304 g/mol. The molecule has 0 bridgehead atoms. The molecule has 1 aliphatic heterocycles. The predicted molar refractivity (Wildman–Crippen MR) is 86.0 cm³/mol. The normalized spacial score (nSPS) is 19.3. The Morgan fingerprint density at radius 1 is 1.23 bits per heavy atom. The third kappa shape index (κ3) is 2.93. The van der Waals surface area contributed by atoms with Crippen LogP contribution in [0.3, 0.4) is 0 Å². The minimum absolute atomic E-state index is 0.00743. The molecule has 1 fully saturated rings. The zero-order valence-electron chi connectivity index (χ0n) is 13.9. The molecule has 5 nitrogen and oxygen atoms in total. The van der Waals surface area contributed by atoms with Crippen molar-refractivity contribution in [1.29, 1.82) is 0 Å². The van der Waals surface area contributed by atoms with Crippen molar-refractivity contribution in [2.24, 2.45) is 5.41 Å². The Morgan fingerprint density at radius 3 is 2.45 bits per heavy atom. The van der Waals surface area contributed by atoms with Crippen molar-refractivity contribution in [3.63, 3.8) is 0 Å². The van der Waals surface area contributed by atoms with Gasteiger partial charge in [-0.2, -0.15) is 0 Å². The van der Waals surface area contributed by atoms with Crippen molar-refractivity contribution < 1.29 is 14.3 Å². The van der Waals surface area contributed by atoms with Crippen molar-refractivity contribution in [1.82, 2.24) is 4.90 Å². The number of carbonyl (C=O) groups is 2. The highest BCUT2D eigenvalue weighted by molar-refractivity contribution is 6.01. The number of anilines is 1. The van der Waals surface area contributed by atoms with E-state index in [9.17, 15) is 9.59 Å². The largest absolute Gasteiger partial charge is 0.495 e. The Bertz CT molecular complexity index is 578. The second-order valence-corrected chi connectivity index (χ2v) is 6.59. The van der Waals surface area contributed by atoms with Gasteiger partial charge < -0.3 is 14.5 Å². The van der Waals surface area contributed by atoms with Crippen LogP contribution < -0.4 is 9.64 Å². The standard InChI is InChI=1S/C17H24N2O3/c1-12-15(20)19(13-8-6-7-9-14(13)22-5)11-10-18(12)16(21)17(2,3)4/h6-9,12H,10-11H2,1-5H3. The van der Waals surface area contributed by atoms with Crippen molar-refractivity contribution in [3.8, 4) is 5.75 Å². The maximum Gasteiger partial charge on any atom is 0.249 e. The van der Waals surface area contributed by atoms with Crippen LogP contribution in [0.4, 0.5) is 5.69 Å². The van der Waals surface area contributed by atoms with Crippen LogP contribution in [0, 0.1) is 5.41 Å². The van der Waals surface area contributed by atoms with Gasteiger partial charge in [0.15, 0.2) is 0 Å². The van der Waals surface area contributed by atoms with Gasteiger partial charge in [-0.1, -0.05) is 32.9 Å². The Morgan fingerprint density at radius 2 is 1.86 bits per heavy atom. The zero-order valence-corrected chi connectivity index (χ0v) is 13.9. The molecule has 2 amide bonds. The number of rotatable bonds is 2. The van der Waals surface area contributed by atoms with Gasteiger partial charge in [-0.15, -0.1) is 0 Å². The van der Waals surface area contributed by atoms with Crippen molar-refractivity contribution in [2.45, 2.75) is 33.7 Å². The summed E-state index contributed by atoms with van der Waals surface area (Å²) in [6.45, 7) is 8.41. The highest BCUT2D eigenvalue weighted by Crippen LogP contribution is 2.31. The molecule has 1 saturated heterocycles. The van der Waals surface area contributed by atoms with Gasteiger partial charge in [-0.25, -0.2) is 0 Å². The van der Waals surface area contributed by atoms with Gasteiger partial charge in [0, 0.05) is 18.5 Å². The number of para-hydroxylation sites is 2. The lowest BCUT2D eigenvalue weighted by atomic mass is 9.93. The van der Waals surface area contributed by atoms with Gasteiger partial charge in [0.05, 0.1) is 12.8 Å². The van der Waals surface area contributed by atoms with Gasteiger partial charge in [-0.3, -0.25) is 9.59 Å². The third-order valence-electron chi connectivity index (χ3n) is 3.93. The summed E-state index contributed by atoms with van der Waals surface area (Å²) in [4.78, 5) is 28.6. The lowest BCUT2D eigenvalue weighted by Crippen LogP contribution is -2.59. The molecule has 0 spiro atoms. The molecule has 1 atom stereocenters. The van der Waals surface area contributed by atoms with E-state index < -0.39 is 11.5 Å². The average Bonchev–Trinajstić information content (AvgIpc) is 2.48. The molecule has 1 aromatic rings. The lowest BCUT2D eigenvalue weighted by molar-refractivity contribution is -0.147. The number of hydrogen-bond acceptors (Lipinski definition) is 3. The van der Waals surface area contributed by atoms with Crippen molar-refractivity contribution >= 4 is 17.5 Å². The van der Waals surface area contributed by atoms with Crippen LogP contribution in [0.5, 0.6) is 5.75 Å². The van der Waals surface area contributed by atoms with Gasteiger partial charge in [0.1, 0.15) is 11.8 Å². The van der Waals surface area contributed by atoms with Gasteiger partial charge in [0.2, 0.25) is 11.8 Å². The summed E-state index contributed by atoms with van der Waals surface area (Å²) in [6.07, 6.45) is 0. The maximum atomic E-state index is 12.7. The molecule has 1 unspecified atom stereocenters. The smallest absolute Gasteiger partial charge is 0.249 e. The van der Waals surface area contributed by atoms with Crippen molar-refractivity contribution in [3.05, 3.63) is 24.3 Å². The number of ether oxygens (including phenoxy) is 1. The van der Waals surface area contributed by atoms with E-state index in [-0.39, 0.29) is 11.8 Å². The Kier molecular flexibility index (Phi) is 4.44. The molecule has 0 aliphatic carbocycles. The number of methoxy groups -OCH3 is 1. The van der Waals surface area contributed by atoms with Crippen LogP contribution in [-0.4, -0.2) is 43.0 Å². The van der Waals surface area contributed by atoms with Crippen LogP contribution >= 0.6 is 0 Å². The molecule has 1 heterocycles. The molecular weight excluding hydrogens is 280 g/mol. The number of carbonyl (C=O) groups excluding carboxylic acids is 2. The molecule has 1 aliphatic rings. The second kappa shape index (κ2) is 5.99. The number of nitrogens with zero attached hydrogens (tertiary/aromatic N) is 2. The topological polar surface area (TPSA) is 49.9 Å². The van der Waals surface area contributed by atoms with E-state index in [2.05, 4.69) is 0 Å². The van der Waals surface area contributed by atoms with E-state index in [1.54, 1.807) is 23.8 Å². The van der Waals surface area contributed by atoms with Gasteiger partial charge in [-0.05, 0) is 19.1 Å². The summed E-state index contributed by atoms with van der Waals surface area (Å²) >= 11 is 0. The molecule has 120 valence electrons. The Balaban J connectivity index is 2.25. The van der Waals surface area contributed by atoms with Gasteiger partial charge in [0.25, 0.3) is 0 Å². The maximum absolute atomic E-state index is 12.7. The summed E-state index contributed by atoms with van der Waals surface area (Å²) in [7, 11) is 1.59. The minimum atomic E-state index is -0.485. The fraction of sp³-hybridized carbons (Fsp3) is 0.529. The average molecular weight is 304 g/mol. The summed E-state index contributed by atoms with van der Waals surface area (Å²) in [5.41, 5.74) is 0.269. The highest BCUT2D eigenvalue weighted by atomic mass is 16.5. The van der Waals surface area contributed by atoms with E-state index in [1.165, 1.54) is 0 Å². The van der Waals surface area contributed by atoms with Crippen LogP contribution in [0.25, 0.3) is 0 Å². The van der Waals surface area contributed by atoms with E-state index in [1.807, 2.05) is 45.0 Å². The van der Waals surface area contributed by atoms with E-state index in [4.69, 9.17) is 4.74 Å². The first-order valence-corrected chi connectivity index (χ1v) is 7.53. The quantitative estimate of drug-likeness (QED) is 0.842. The molecule has 0 saturated carbocycles. The van der Waals surface area contributed by atoms with Gasteiger partial charge >= 0.3 is 0 Å². The highest BCUT2D eigenvalue weighted by Gasteiger charge is 2.39. The second-order valence-electron chi connectivity index (χ2n) is 6.59. The fourth-order valence-electron chi connectivity index (χ4n) is 2.67. The van der Waals surface area contributed by atoms with E-state index >= 15 is 0 Å². The third-order valence-corrected chi connectivity index (χ3v) is 3.93. The number of piperazine rings is 1. The molecule has 1 aromatic carbocycles. The Labute approximate surface area is 131 Å². The van der Waals surface area contributed by atoms with E-state index in [0.717, 1.165) is 5.69 Å². The lowest BCUT2D eigenvalue weighted by Gasteiger charge is -2.41. The van der Waals surface area contributed by atoms with Crippen molar-refractivity contribution in [2.75, 3.05) is 25.1 Å². The minimum Gasteiger partial charge on any atom is -0.495 e. The number of hydrogen-bond donors (Lipinski definition) is 0. The summed E-state index contributed by atoms with van der Waals surface area (Å²) < 4.78 is 5.34. The first-order valence-electron chi connectivity index (χ1n) is 7.53. The SMILES string of the molecule is COc1ccccc1N1CCN(C(=O)C(C)(C)C)C(C)C1=O. The first kappa shape index (κ1) is 16.3. The molecule has 0 N–H and O–H groups in total. The molecule has 2 rings (SSSR count). The predicted octanol–water partition coefficient (Wildman–Crippen LogP) is 2.30. The fourth-order valence-corrected chi connectivity index (χ4v) is 2.67. The molecular formula is C17H24N2O3. The molecule has 5 heteroatoms. The molecule has 0 aromatic heterocycles. The summed E-state index contributed by atoms with van der Waals surface area (Å²) in [5, 5.41) is 0. The number of amides is 2. The van der Waals surface area contributed by atoms with E-state index in [0.29, 0.717) is 18.8 Å². The zero-order chi connectivity index (χ0) is 16.5. The first-order chi connectivity index (χ1) is 10.3. The number of benzene rings is 1. The summed E-state index contributed by atoms with van der Waals surface area (Å²) in [5.74, 6) is 0.597. The Hall–Kier alpha value is -2.04. The summed E-state index contributed by atoms with van der Waals surface area (Å²) in [6, 6.07) is 6.98. The molecule has 22 heavy (non-hydrogen) atoms. The van der Waals surface area contributed by atoms with Crippen LogP contribution in [0.15, 0.2) is 24.3 Å².